The number of aromatic nitrogens is 2. The fourth-order valence-electron chi connectivity index (χ4n) is 4.31. The number of halogens is 1. The van der Waals surface area contributed by atoms with Crippen molar-refractivity contribution in [3.8, 4) is 5.69 Å². The highest BCUT2D eigenvalue weighted by Crippen LogP contribution is 2.42. The van der Waals surface area contributed by atoms with Crippen molar-refractivity contribution < 1.29 is 0 Å². The maximum Gasteiger partial charge on any atom is 0.174 e. The minimum absolute atomic E-state index is 0.0894. The van der Waals surface area contributed by atoms with E-state index < -0.39 is 0 Å². The maximum absolute atomic E-state index is 6.31. The molecule has 2 atom stereocenters. The van der Waals surface area contributed by atoms with Crippen LogP contribution in [0.5, 0.6) is 0 Å². The molecule has 0 radical (unpaired) electrons. The number of nitrogens with one attached hydrogen (secondary N) is 1. The van der Waals surface area contributed by atoms with Crippen LogP contribution < -0.4 is 10.2 Å². The molecule has 1 fully saturated rings. The molecule has 0 aliphatic carbocycles. The SMILES string of the molecule is Cc1ccc(N2C(=S)N[C@H](c3ccccn3)[C@@H]2c2cccn2-c2cccc(Cl)c2)cc1C. The number of hydrogen-bond donors (Lipinski definition) is 1. The third kappa shape index (κ3) is 3.68. The van der Waals surface area contributed by atoms with Crippen LogP contribution in [0.15, 0.2) is 85.2 Å². The average Bonchev–Trinajstić information content (AvgIpc) is 3.40. The zero-order valence-electron chi connectivity index (χ0n) is 17.9. The Hall–Kier alpha value is -3.15. The predicted molar refractivity (Wildman–Crippen MR) is 135 cm³/mol. The molecular weight excluding hydrogens is 436 g/mol. The van der Waals surface area contributed by atoms with E-state index in [1.165, 1.54) is 11.1 Å². The lowest BCUT2D eigenvalue weighted by molar-refractivity contribution is 0.549. The molecule has 0 amide bonds. The number of pyridine rings is 1. The summed E-state index contributed by atoms with van der Waals surface area (Å²) < 4.78 is 2.18. The van der Waals surface area contributed by atoms with E-state index in [0.29, 0.717) is 10.1 Å². The van der Waals surface area contributed by atoms with E-state index in [4.69, 9.17) is 23.8 Å². The maximum atomic E-state index is 6.31. The molecule has 1 aliphatic heterocycles. The van der Waals surface area contributed by atoms with Crippen LogP contribution >= 0.6 is 23.8 Å². The smallest absolute Gasteiger partial charge is 0.174 e. The molecular formula is C26H23ClN4S. The average molecular weight is 459 g/mol. The second-order valence-electron chi connectivity index (χ2n) is 8.05. The minimum atomic E-state index is -0.0989. The first-order valence-corrected chi connectivity index (χ1v) is 11.3. The topological polar surface area (TPSA) is 33.1 Å². The van der Waals surface area contributed by atoms with Gasteiger partial charge >= 0.3 is 0 Å². The van der Waals surface area contributed by atoms with Crippen LogP contribution in [0.4, 0.5) is 5.69 Å². The molecule has 2 aromatic heterocycles. The van der Waals surface area contributed by atoms with Crippen molar-refractivity contribution in [2.24, 2.45) is 0 Å². The first-order valence-electron chi connectivity index (χ1n) is 10.5. The van der Waals surface area contributed by atoms with Crippen molar-refractivity contribution in [3.05, 3.63) is 113 Å². The van der Waals surface area contributed by atoms with E-state index in [1.54, 1.807) is 0 Å². The highest BCUT2D eigenvalue weighted by Gasteiger charge is 2.42. The quantitative estimate of drug-likeness (QED) is 0.363. The lowest BCUT2D eigenvalue weighted by atomic mass is 10.00. The minimum Gasteiger partial charge on any atom is -0.351 e. The summed E-state index contributed by atoms with van der Waals surface area (Å²) in [5.74, 6) is 0. The lowest BCUT2D eigenvalue weighted by Crippen LogP contribution is -2.30. The Morgan fingerprint density at radius 3 is 2.53 bits per heavy atom. The zero-order chi connectivity index (χ0) is 22.2. The van der Waals surface area contributed by atoms with Gasteiger partial charge in [0.25, 0.3) is 0 Å². The van der Waals surface area contributed by atoms with Gasteiger partial charge in [-0.2, -0.15) is 0 Å². The summed E-state index contributed by atoms with van der Waals surface area (Å²) in [5.41, 5.74) is 6.61. The molecule has 5 rings (SSSR count). The molecule has 2 aromatic carbocycles. The summed E-state index contributed by atoms with van der Waals surface area (Å²) in [6.07, 6.45) is 3.89. The van der Waals surface area contributed by atoms with Gasteiger partial charge in [-0.15, -0.1) is 0 Å². The van der Waals surface area contributed by atoms with Crippen LogP contribution in [-0.2, 0) is 0 Å². The molecule has 0 spiro atoms. The molecule has 6 heteroatoms. The molecule has 0 bridgehead atoms. The number of benzene rings is 2. The summed E-state index contributed by atoms with van der Waals surface area (Å²) in [6, 6.07) is 24.4. The predicted octanol–water partition coefficient (Wildman–Crippen LogP) is 6.32. The van der Waals surface area contributed by atoms with Gasteiger partial charge in [-0.25, -0.2) is 0 Å². The molecule has 3 heterocycles. The number of aryl methyl sites for hydroxylation is 2. The molecule has 1 saturated heterocycles. The van der Waals surface area contributed by atoms with Crippen LogP contribution in [0, 0.1) is 13.8 Å². The molecule has 1 N–H and O–H groups in total. The molecule has 0 unspecified atom stereocenters. The monoisotopic (exact) mass is 458 g/mol. The Bertz CT molecular complexity index is 1280. The Kier molecular flexibility index (Phi) is 5.45. The third-order valence-electron chi connectivity index (χ3n) is 6.04. The molecule has 4 aromatic rings. The van der Waals surface area contributed by atoms with Crippen LogP contribution in [0.1, 0.15) is 34.6 Å². The second-order valence-corrected chi connectivity index (χ2v) is 8.87. The van der Waals surface area contributed by atoms with Gasteiger partial charge in [-0.3, -0.25) is 4.98 Å². The highest BCUT2D eigenvalue weighted by molar-refractivity contribution is 7.80. The largest absolute Gasteiger partial charge is 0.351 e. The summed E-state index contributed by atoms with van der Waals surface area (Å²) in [6.45, 7) is 4.25. The van der Waals surface area contributed by atoms with Gasteiger partial charge in [0.2, 0.25) is 0 Å². The summed E-state index contributed by atoms with van der Waals surface area (Å²) in [4.78, 5) is 6.86. The van der Waals surface area contributed by atoms with Gasteiger partial charge in [0.15, 0.2) is 5.11 Å². The normalized spacial score (nSPS) is 18.1. The van der Waals surface area contributed by atoms with Gasteiger partial charge in [-0.05, 0) is 91.8 Å². The van der Waals surface area contributed by atoms with E-state index in [-0.39, 0.29) is 12.1 Å². The molecule has 0 saturated carbocycles. The van der Waals surface area contributed by atoms with Crippen LogP contribution in [-0.4, -0.2) is 14.7 Å². The van der Waals surface area contributed by atoms with Gasteiger partial charge in [0.1, 0.15) is 6.04 Å². The fourth-order valence-corrected chi connectivity index (χ4v) is 4.84. The highest BCUT2D eigenvalue weighted by atomic mass is 35.5. The van der Waals surface area contributed by atoms with E-state index in [0.717, 1.165) is 22.8 Å². The number of hydrogen-bond acceptors (Lipinski definition) is 2. The molecule has 1 aliphatic rings. The summed E-state index contributed by atoms with van der Waals surface area (Å²) in [7, 11) is 0. The Morgan fingerprint density at radius 1 is 0.906 bits per heavy atom. The summed E-state index contributed by atoms with van der Waals surface area (Å²) in [5, 5.41) is 4.93. The number of nitrogens with zero attached hydrogens (tertiary/aromatic N) is 3. The zero-order valence-corrected chi connectivity index (χ0v) is 19.4. The van der Waals surface area contributed by atoms with Gasteiger partial charge in [0.05, 0.1) is 11.7 Å². The van der Waals surface area contributed by atoms with E-state index in [9.17, 15) is 0 Å². The van der Waals surface area contributed by atoms with E-state index >= 15 is 0 Å². The second kappa shape index (κ2) is 8.41. The summed E-state index contributed by atoms with van der Waals surface area (Å²) >= 11 is 12.2. The number of rotatable bonds is 4. The van der Waals surface area contributed by atoms with Crippen LogP contribution in [0.2, 0.25) is 5.02 Å². The molecule has 4 nitrogen and oxygen atoms in total. The Morgan fingerprint density at radius 2 is 1.78 bits per heavy atom. The van der Waals surface area contributed by atoms with Gasteiger partial charge < -0.3 is 14.8 Å². The fraction of sp³-hybridized carbons (Fsp3) is 0.154. The van der Waals surface area contributed by atoms with Crippen molar-refractivity contribution >= 4 is 34.6 Å². The van der Waals surface area contributed by atoms with Crippen LogP contribution in [0.25, 0.3) is 5.69 Å². The molecule has 160 valence electrons. The first kappa shape index (κ1) is 20.7. The Balaban J connectivity index is 1.68. The molecule has 32 heavy (non-hydrogen) atoms. The van der Waals surface area contributed by atoms with Gasteiger partial charge in [0, 0.05) is 34.5 Å². The third-order valence-corrected chi connectivity index (χ3v) is 6.59. The van der Waals surface area contributed by atoms with Crippen molar-refractivity contribution in [2.45, 2.75) is 25.9 Å². The number of thiocarbonyl (C=S) groups is 1. The van der Waals surface area contributed by atoms with E-state index in [2.05, 4.69) is 76.2 Å². The van der Waals surface area contributed by atoms with E-state index in [1.807, 2.05) is 42.6 Å². The first-order chi connectivity index (χ1) is 15.5. The van der Waals surface area contributed by atoms with Crippen molar-refractivity contribution in [1.29, 1.82) is 0 Å². The Labute approximate surface area is 198 Å². The van der Waals surface area contributed by atoms with Crippen molar-refractivity contribution in [1.82, 2.24) is 14.9 Å². The van der Waals surface area contributed by atoms with Gasteiger partial charge in [-0.1, -0.05) is 29.8 Å². The van der Waals surface area contributed by atoms with Crippen molar-refractivity contribution in [3.63, 3.8) is 0 Å². The van der Waals surface area contributed by atoms with Crippen LogP contribution in [0.3, 0.4) is 0 Å². The van der Waals surface area contributed by atoms with Crippen molar-refractivity contribution in [2.75, 3.05) is 4.90 Å². The standard InChI is InChI=1S/C26H23ClN4S/c1-17-11-12-21(15-18(17)2)31-25(24(29-26(31)32)22-9-3-4-13-28-22)23-10-6-14-30(23)20-8-5-7-19(27)16-20/h3-16,24-25H,1-2H3,(H,29,32)/t24-,25+/m1/s1. The lowest BCUT2D eigenvalue weighted by Gasteiger charge is -2.29. The number of anilines is 1.